The Kier molecular flexibility index (Phi) is 5.34. The number of carbonyl (C=O) groups is 1. The summed E-state index contributed by atoms with van der Waals surface area (Å²) < 4.78 is 1.000. The second kappa shape index (κ2) is 6.80. The van der Waals surface area contributed by atoms with Crippen LogP contribution in [0.2, 0.25) is 10.0 Å². The molecule has 0 aromatic heterocycles. The zero-order valence-electron chi connectivity index (χ0n) is 9.70. The first-order chi connectivity index (χ1) is 9.06. The van der Waals surface area contributed by atoms with Gasteiger partial charge in [0.05, 0.1) is 15.8 Å². The minimum atomic E-state index is 0.0311. The lowest BCUT2D eigenvalue weighted by Gasteiger charge is -2.03. The second-order valence-corrected chi connectivity index (χ2v) is 6.58. The van der Waals surface area contributed by atoms with Crippen LogP contribution in [0.25, 0.3) is 0 Å². The molecule has 0 fully saturated rings. The number of hydrogen-bond donors (Lipinski definition) is 0. The maximum Gasteiger partial charge on any atom is 0.173 e. The summed E-state index contributed by atoms with van der Waals surface area (Å²) in [6.45, 7) is 0. The predicted octanol–water partition coefficient (Wildman–Crippen LogP) is 5.73. The number of ketones is 1. The van der Waals surface area contributed by atoms with Crippen molar-refractivity contribution in [2.24, 2.45) is 0 Å². The van der Waals surface area contributed by atoms with Gasteiger partial charge in [0.1, 0.15) is 0 Å². The molecule has 0 saturated carbocycles. The van der Waals surface area contributed by atoms with Gasteiger partial charge in [-0.05, 0) is 36.4 Å². The lowest BCUT2D eigenvalue weighted by molar-refractivity contribution is 0.102. The van der Waals surface area contributed by atoms with Crippen LogP contribution in [0.15, 0.2) is 51.8 Å². The van der Waals surface area contributed by atoms with E-state index in [2.05, 4.69) is 15.9 Å². The van der Waals surface area contributed by atoms with Crippen molar-refractivity contribution in [2.75, 3.05) is 5.75 Å². The number of carbonyl (C=O) groups excluding carboxylic acids is 1. The largest absolute Gasteiger partial charge is 0.293 e. The summed E-state index contributed by atoms with van der Waals surface area (Å²) in [5.74, 6) is 0.401. The molecule has 0 unspecified atom stereocenters. The second-order valence-electron chi connectivity index (χ2n) is 3.80. The first-order valence-corrected chi connectivity index (χ1v) is 7.96. The van der Waals surface area contributed by atoms with E-state index in [0.29, 0.717) is 21.4 Å². The molecule has 0 atom stereocenters. The smallest absolute Gasteiger partial charge is 0.173 e. The van der Waals surface area contributed by atoms with E-state index in [1.165, 1.54) is 11.8 Å². The van der Waals surface area contributed by atoms with Crippen LogP contribution in [0.3, 0.4) is 0 Å². The third kappa shape index (κ3) is 4.25. The summed E-state index contributed by atoms with van der Waals surface area (Å²) in [6.07, 6.45) is 0. The summed E-state index contributed by atoms with van der Waals surface area (Å²) in [5.41, 5.74) is 0.580. The van der Waals surface area contributed by atoms with Crippen molar-refractivity contribution in [3.05, 3.63) is 62.5 Å². The van der Waals surface area contributed by atoms with Gasteiger partial charge in [0, 0.05) is 14.9 Å². The van der Waals surface area contributed by atoms with Crippen molar-refractivity contribution < 1.29 is 4.79 Å². The van der Waals surface area contributed by atoms with Crippen molar-refractivity contribution in [1.29, 1.82) is 0 Å². The van der Waals surface area contributed by atoms with Crippen LogP contribution in [-0.4, -0.2) is 11.5 Å². The Morgan fingerprint density at radius 1 is 1.11 bits per heavy atom. The molecule has 0 aliphatic rings. The highest BCUT2D eigenvalue weighted by molar-refractivity contribution is 9.10. The fourth-order valence-corrected chi connectivity index (χ4v) is 3.16. The minimum Gasteiger partial charge on any atom is -0.293 e. The summed E-state index contributed by atoms with van der Waals surface area (Å²) in [6, 6.07) is 12.8. The van der Waals surface area contributed by atoms with Gasteiger partial charge in [0.2, 0.25) is 0 Å². The fourth-order valence-electron chi connectivity index (χ4n) is 1.46. The molecular formula is C14H9BrCl2OS. The van der Waals surface area contributed by atoms with Gasteiger partial charge in [-0.2, -0.15) is 0 Å². The van der Waals surface area contributed by atoms with Gasteiger partial charge >= 0.3 is 0 Å². The summed E-state index contributed by atoms with van der Waals surface area (Å²) >= 11 is 16.6. The summed E-state index contributed by atoms with van der Waals surface area (Å²) in [7, 11) is 0. The number of thioether (sulfide) groups is 1. The van der Waals surface area contributed by atoms with E-state index in [1.54, 1.807) is 18.2 Å². The normalized spacial score (nSPS) is 10.5. The molecule has 2 aromatic rings. The maximum absolute atomic E-state index is 12.0. The van der Waals surface area contributed by atoms with E-state index in [4.69, 9.17) is 23.2 Å². The van der Waals surface area contributed by atoms with Crippen molar-refractivity contribution in [3.63, 3.8) is 0 Å². The number of halogens is 3. The lowest BCUT2D eigenvalue weighted by Crippen LogP contribution is -2.02. The molecule has 0 N–H and O–H groups in total. The maximum atomic E-state index is 12.0. The average molecular weight is 376 g/mol. The molecule has 2 rings (SSSR count). The zero-order chi connectivity index (χ0) is 13.8. The molecule has 0 radical (unpaired) electrons. The van der Waals surface area contributed by atoms with Gasteiger partial charge in [-0.25, -0.2) is 0 Å². The Morgan fingerprint density at radius 3 is 2.58 bits per heavy atom. The molecule has 0 saturated heterocycles. The zero-order valence-corrected chi connectivity index (χ0v) is 13.6. The van der Waals surface area contributed by atoms with E-state index >= 15 is 0 Å². The predicted molar refractivity (Wildman–Crippen MR) is 85.7 cm³/mol. The van der Waals surface area contributed by atoms with Crippen LogP contribution in [0.1, 0.15) is 10.4 Å². The minimum absolute atomic E-state index is 0.0311. The fraction of sp³-hybridized carbons (Fsp3) is 0.0714. The van der Waals surface area contributed by atoms with Crippen LogP contribution < -0.4 is 0 Å². The van der Waals surface area contributed by atoms with Gasteiger partial charge in [-0.1, -0.05) is 45.2 Å². The van der Waals surface area contributed by atoms with E-state index in [1.807, 2.05) is 24.3 Å². The molecule has 0 bridgehead atoms. The highest BCUT2D eigenvalue weighted by atomic mass is 79.9. The standard InChI is InChI=1S/C14H9BrCl2OS/c15-10-2-1-3-11(7-10)19-8-14(18)9-4-5-12(16)13(17)6-9/h1-7H,8H2. The highest BCUT2D eigenvalue weighted by Crippen LogP contribution is 2.25. The number of Topliss-reactive ketones (excluding diaryl/α,β-unsaturated/α-hetero) is 1. The highest BCUT2D eigenvalue weighted by Gasteiger charge is 2.09. The van der Waals surface area contributed by atoms with Crippen molar-refractivity contribution in [2.45, 2.75) is 4.90 Å². The molecule has 0 spiro atoms. The first-order valence-electron chi connectivity index (χ1n) is 5.43. The summed E-state index contributed by atoms with van der Waals surface area (Å²) in [5, 5.41) is 0.859. The van der Waals surface area contributed by atoms with Gasteiger partial charge in [-0.3, -0.25) is 4.79 Å². The molecule has 0 aliphatic carbocycles. The van der Waals surface area contributed by atoms with Crippen LogP contribution in [0.4, 0.5) is 0 Å². The van der Waals surface area contributed by atoms with Crippen LogP contribution in [0, 0.1) is 0 Å². The average Bonchev–Trinajstić information content (AvgIpc) is 2.39. The number of benzene rings is 2. The Balaban J connectivity index is 2.03. The Labute approximate surface area is 134 Å². The monoisotopic (exact) mass is 374 g/mol. The number of hydrogen-bond acceptors (Lipinski definition) is 2. The molecule has 0 aliphatic heterocycles. The molecule has 0 amide bonds. The Hall–Kier alpha value is -0.480. The lowest BCUT2D eigenvalue weighted by atomic mass is 10.1. The SMILES string of the molecule is O=C(CSc1cccc(Br)c1)c1ccc(Cl)c(Cl)c1. The molecule has 2 aromatic carbocycles. The molecule has 19 heavy (non-hydrogen) atoms. The molecule has 5 heteroatoms. The van der Waals surface area contributed by atoms with E-state index < -0.39 is 0 Å². The van der Waals surface area contributed by atoms with Crippen LogP contribution in [0.5, 0.6) is 0 Å². The number of rotatable bonds is 4. The third-order valence-corrected chi connectivity index (χ3v) is 4.63. The summed E-state index contributed by atoms with van der Waals surface area (Å²) in [4.78, 5) is 13.1. The molecule has 0 heterocycles. The van der Waals surface area contributed by atoms with Crippen molar-refractivity contribution in [1.82, 2.24) is 0 Å². The van der Waals surface area contributed by atoms with Gasteiger partial charge in [0.25, 0.3) is 0 Å². The Bertz CT molecular complexity index is 616. The van der Waals surface area contributed by atoms with E-state index in [-0.39, 0.29) is 5.78 Å². The topological polar surface area (TPSA) is 17.1 Å². The first kappa shape index (κ1) is 14.9. The van der Waals surface area contributed by atoms with Gasteiger partial charge < -0.3 is 0 Å². The quantitative estimate of drug-likeness (QED) is 0.501. The third-order valence-electron chi connectivity index (χ3n) is 2.41. The molecule has 98 valence electrons. The van der Waals surface area contributed by atoms with E-state index in [0.717, 1.165) is 9.37 Å². The van der Waals surface area contributed by atoms with Gasteiger partial charge in [-0.15, -0.1) is 11.8 Å². The van der Waals surface area contributed by atoms with Gasteiger partial charge in [0.15, 0.2) is 5.78 Å². The van der Waals surface area contributed by atoms with Crippen molar-refractivity contribution >= 4 is 56.7 Å². The molecule has 1 nitrogen and oxygen atoms in total. The van der Waals surface area contributed by atoms with Crippen LogP contribution >= 0.6 is 50.9 Å². The Morgan fingerprint density at radius 2 is 1.89 bits per heavy atom. The molecular weight excluding hydrogens is 367 g/mol. The van der Waals surface area contributed by atoms with Crippen LogP contribution in [-0.2, 0) is 0 Å². The van der Waals surface area contributed by atoms with Crippen molar-refractivity contribution in [3.8, 4) is 0 Å². The van der Waals surface area contributed by atoms with E-state index in [9.17, 15) is 4.79 Å².